The molecule has 0 amide bonds. The van der Waals surface area contributed by atoms with Gasteiger partial charge in [0, 0.05) is 40.6 Å². The first-order chi connectivity index (χ1) is 16.1. The summed E-state index contributed by atoms with van der Waals surface area (Å²) < 4.78 is 10.9. The molecule has 1 saturated heterocycles. The molecule has 0 spiro atoms. The summed E-state index contributed by atoms with van der Waals surface area (Å²) in [7, 11) is 3.34. The van der Waals surface area contributed by atoms with Crippen molar-refractivity contribution in [1.82, 2.24) is 19.9 Å². The largest absolute Gasteiger partial charge is 0.493 e. The van der Waals surface area contributed by atoms with Gasteiger partial charge in [-0.25, -0.2) is 4.98 Å². The molecular weight excluding hydrogens is 412 g/mol. The third kappa shape index (κ3) is 4.23. The van der Waals surface area contributed by atoms with Gasteiger partial charge in [0.15, 0.2) is 11.5 Å². The van der Waals surface area contributed by atoms with Gasteiger partial charge < -0.3 is 19.4 Å². The smallest absolute Gasteiger partial charge is 0.161 e. The lowest BCUT2D eigenvalue weighted by atomic mass is 9.88. The number of likely N-dealkylation sites (tertiary alicyclic amines) is 1. The minimum Gasteiger partial charge on any atom is -0.493 e. The number of piperidine rings is 1. The van der Waals surface area contributed by atoms with Crippen LogP contribution in [0.3, 0.4) is 0 Å². The molecule has 6 heteroatoms. The summed E-state index contributed by atoms with van der Waals surface area (Å²) >= 11 is 0. The number of hydrogen-bond acceptors (Lipinski definition) is 4. The number of aryl methyl sites for hydroxylation is 2. The predicted molar refractivity (Wildman–Crippen MR) is 132 cm³/mol. The van der Waals surface area contributed by atoms with E-state index in [9.17, 15) is 0 Å². The average molecular weight is 445 g/mol. The maximum atomic E-state index is 5.51. The number of hydrogen-bond donors (Lipinski definition) is 2. The fraction of sp³-hybridized carbons (Fsp3) is 0.370. The summed E-state index contributed by atoms with van der Waals surface area (Å²) in [4.78, 5) is 13.8. The third-order valence-corrected chi connectivity index (χ3v) is 6.96. The Hall–Kier alpha value is -3.25. The first kappa shape index (κ1) is 21.6. The van der Waals surface area contributed by atoms with Gasteiger partial charge in [-0.15, -0.1) is 0 Å². The van der Waals surface area contributed by atoms with E-state index in [1.807, 2.05) is 25.3 Å². The maximum Gasteiger partial charge on any atom is 0.161 e. The number of nitrogens with zero attached hydrogens (tertiary/aromatic N) is 2. The number of fused-ring (bicyclic) bond motifs is 1. The summed E-state index contributed by atoms with van der Waals surface area (Å²) in [6.45, 7) is 7.39. The van der Waals surface area contributed by atoms with Gasteiger partial charge in [-0.05, 0) is 87.2 Å². The summed E-state index contributed by atoms with van der Waals surface area (Å²) in [5.41, 5.74) is 7.33. The number of imidazole rings is 1. The molecule has 5 rings (SSSR count). The van der Waals surface area contributed by atoms with Crippen LogP contribution in [0.4, 0.5) is 0 Å². The first-order valence-corrected chi connectivity index (χ1v) is 11.6. The highest BCUT2D eigenvalue weighted by molar-refractivity contribution is 5.91. The highest BCUT2D eigenvalue weighted by Crippen LogP contribution is 2.37. The van der Waals surface area contributed by atoms with E-state index in [0.29, 0.717) is 5.92 Å². The Balaban J connectivity index is 1.35. The molecule has 1 aliphatic heterocycles. The van der Waals surface area contributed by atoms with E-state index in [0.717, 1.165) is 48.2 Å². The third-order valence-electron chi connectivity index (χ3n) is 6.96. The molecule has 2 N–H and O–H groups in total. The van der Waals surface area contributed by atoms with E-state index in [1.165, 1.54) is 40.6 Å². The zero-order valence-corrected chi connectivity index (χ0v) is 19.9. The van der Waals surface area contributed by atoms with Crippen molar-refractivity contribution in [3.63, 3.8) is 0 Å². The van der Waals surface area contributed by atoms with Crippen LogP contribution in [0.2, 0.25) is 0 Å². The van der Waals surface area contributed by atoms with Crippen LogP contribution in [-0.2, 0) is 6.54 Å². The predicted octanol–water partition coefficient (Wildman–Crippen LogP) is 5.57. The van der Waals surface area contributed by atoms with Crippen LogP contribution in [-0.4, -0.2) is 47.2 Å². The van der Waals surface area contributed by atoms with Crippen molar-refractivity contribution in [3.05, 3.63) is 65.2 Å². The van der Waals surface area contributed by atoms with E-state index in [1.54, 1.807) is 14.2 Å². The zero-order valence-electron chi connectivity index (χ0n) is 19.9. The van der Waals surface area contributed by atoms with Crippen LogP contribution >= 0.6 is 0 Å². The van der Waals surface area contributed by atoms with Crippen LogP contribution in [0.25, 0.3) is 22.2 Å². The zero-order chi connectivity index (χ0) is 22.9. The second kappa shape index (κ2) is 8.94. The van der Waals surface area contributed by atoms with Gasteiger partial charge in [0.05, 0.1) is 14.2 Å². The summed E-state index contributed by atoms with van der Waals surface area (Å²) in [5, 5.41) is 1.30. The SMILES string of the molecule is COc1ccc(-c2[nH]c3ccc(C4CCN(Cc5cnc(C)[nH]5)CC4)cc3c2C)cc1OC. The number of benzene rings is 2. The van der Waals surface area contributed by atoms with Crippen LogP contribution in [0.1, 0.15) is 41.4 Å². The van der Waals surface area contributed by atoms with Crippen molar-refractivity contribution >= 4 is 10.9 Å². The van der Waals surface area contributed by atoms with E-state index in [2.05, 4.69) is 51.0 Å². The van der Waals surface area contributed by atoms with E-state index >= 15 is 0 Å². The van der Waals surface area contributed by atoms with Crippen molar-refractivity contribution in [2.24, 2.45) is 0 Å². The first-order valence-electron chi connectivity index (χ1n) is 11.6. The number of ether oxygens (including phenoxy) is 2. The van der Waals surface area contributed by atoms with Crippen LogP contribution < -0.4 is 9.47 Å². The van der Waals surface area contributed by atoms with Crippen molar-refractivity contribution in [2.75, 3.05) is 27.3 Å². The normalized spacial score (nSPS) is 15.3. The quantitative estimate of drug-likeness (QED) is 0.408. The second-order valence-electron chi connectivity index (χ2n) is 9.04. The van der Waals surface area contributed by atoms with Gasteiger partial charge in [-0.3, -0.25) is 4.90 Å². The van der Waals surface area contributed by atoms with Gasteiger partial charge in [0.2, 0.25) is 0 Å². The molecule has 1 fully saturated rings. The van der Waals surface area contributed by atoms with Crippen molar-refractivity contribution < 1.29 is 9.47 Å². The molecule has 2 aromatic carbocycles. The number of methoxy groups -OCH3 is 2. The molecule has 0 saturated carbocycles. The monoisotopic (exact) mass is 444 g/mol. The van der Waals surface area contributed by atoms with Crippen molar-refractivity contribution in [1.29, 1.82) is 0 Å². The molecule has 4 aromatic rings. The minimum absolute atomic E-state index is 0.605. The molecule has 0 atom stereocenters. The van der Waals surface area contributed by atoms with Gasteiger partial charge in [0.25, 0.3) is 0 Å². The molecule has 0 unspecified atom stereocenters. The Labute approximate surface area is 194 Å². The number of nitrogens with one attached hydrogen (secondary N) is 2. The van der Waals surface area contributed by atoms with Gasteiger partial charge in [0.1, 0.15) is 5.82 Å². The van der Waals surface area contributed by atoms with E-state index in [-0.39, 0.29) is 0 Å². The molecule has 0 bridgehead atoms. The average Bonchev–Trinajstić information content (AvgIpc) is 3.41. The fourth-order valence-corrected chi connectivity index (χ4v) is 5.10. The van der Waals surface area contributed by atoms with Crippen LogP contribution in [0, 0.1) is 13.8 Å². The molecule has 3 heterocycles. The Morgan fingerprint density at radius 2 is 1.76 bits per heavy atom. The topological polar surface area (TPSA) is 66.2 Å². The molecule has 172 valence electrons. The lowest BCUT2D eigenvalue weighted by Gasteiger charge is -2.31. The molecule has 6 nitrogen and oxygen atoms in total. The molecular formula is C27H32N4O2. The fourth-order valence-electron chi connectivity index (χ4n) is 5.10. The van der Waals surface area contributed by atoms with Crippen molar-refractivity contribution in [3.8, 4) is 22.8 Å². The van der Waals surface area contributed by atoms with E-state index < -0.39 is 0 Å². The minimum atomic E-state index is 0.605. The lowest BCUT2D eigenvalue weighted by Crippen LogP contribution is -2.32. The maximum absolute atomic E-state index is 5.51. The Kier molecular flexibility index (Phi) is 5.85. The second-order valence-corrected chi connectivity index (χ2v) is 9.04. The number of aromatic nitrogens is 3. The number of aromatic amines is 2. The summed E-state index contributed by atoms with van der Waals surface area (Å²) in [5.74, 6) is 3.08. The van der Waals surface area contributed by atoms with Gasteiger partial charge in [-0.2, -0.15) is 0 Å². The Morgan fingerprint density at radius 1 is 0.970 bits per heavy atom. The lowest BCUT2D eigenvalue weighted by molar-refractivity contribution is 0.203. The number of rotatable bonds is 6. The Morgan fingerprint density at radius 3 is 2.45 bits per heavy atom. The molecule has 2 aromatic heterocycles. The van der Waals surface area contributed by atoms with Gasteiger partial charge >= 0.3 is 0 Å². The van der Waals surface area contributed by atoms with Crippen molar-refractivity contribution in [2.45, 2.75) is 39.2 Å². The molecule has 33 heavy (non-hydrogen) atoms. The van der Waals surface area contributed by atoms with Gasteiger partial charge in [-0.1, -0.05) is 6.07 Å². The van der Waals surface area contributed by atoms with Crippen LogP contribution in [0.15, 0.2) is 42.6 Å². The highest BCUT2D eigenvalue weighted by Gasteiger charge is 2.22. The molecule has 1 aliphatic rings. The standard InChI is InChI=1S/C27H32N4O2/c1-17-23-13-20(19-9-11-31(12-10-19)16-22-15-28-18(2)29-22)5-7-24(23)30-27(17)21-6-8-25(32-3)26(14-21)33-4/h5-8,13-15,19,30H,9-12,16H2,1-4H3,(H,28,29). The molecule has 0 radical (unpaired) electrons. The highest BCUT2D eigenvalue weighted by atomic mass is 16.5. The number of H-pyrrole nitrogens is 2. The summed E-state index contributed by atoms with van der Waals surface area (Å²) in [6, 6.07) is 13.0. The summed E-state index contributed by atoms with van der Waals surface area (Å²) in [6.07, 6.45) is 4.33. The molecule has 0 aliphatic carbocycles. The van der Waals surface area contributed by atoms with Crippen LogP contribution in [0.5, 0.6) is 11.5 Å². The van der Waals surface area contributed by atoms with E-state index in [4.69, 9.17) is 9.47 Å². The Bertz CT molecular complexity index is 1260.